The molecule has 0 aliphatic carbocycles. The number of para-hydroxylation sites is 1. The Morgan fingerprint density at radius 1 is 1.27 bits per heavy atom. The molecule has 1 aromatic rings. The van der Waals surface area contributed by atoms with Crippen molar-refractivity contribution >= 4 is 23.5 Å². The van der Waals surface area contributed by atoms with Gasteiger partial charge in [-0.3, -0.25) is 9.59 Å². The van der Waals surface area contributed by atoms with E-state index in [9.17, 15) is 19.5 Å². The standard InChI is InChI=1S/C16H20N2O4/c1-16(2,15(21)22)17(3)14(20)10-18-12-7-5-4-6-11(12)8-9-13(18)19/h4-7H,8-10H2,1-3H3,(H,21,22). The zero-order chi connectivity index (χ0) is 16.5. The van der Waals surface area contributed by atoms with Gasteiger partial charge in [0.15, 0.2) is 0 Å². The first-order chi connectivity index (χ1) is 10.2. The number of carboxylic acid groups (broad SMARTS) is 1. The summed E-state index contributed by atoms with van der Waals surface area (Å²) in [5.74, 6) is -1.61. The van der Waals surface area contributed by atoms with E-state index in [1.54, 1.807) is 0 Å². The van der Waals surface area contributed by atoms with Crippen LogP contribution in [0.4, 0.5) is 5.69 Å². The van der Waals surface area contributed by atoms with Crippen LogP contribution in [-0.2, 0) is 20.8 Å². The minimum atomic E-state index is -1.32. The molecule has 1 N–H and O–H groups in total. The molecule has 118 valence electrons. The van der Waals surface area contributed by atoms with E-state index in [-0.39, 0.29) is 12.5 Å². The largest absolute Gasteiger partial charge is 0.480 e. The second-order valence-electron chi connectivity index (χ2n) is 5.93. The highest BCUT2D eigenvalue weighted by molar-refractivity contribution is 6.01. The van der Waals surface area contributed by atoms with Gasteiger partial charge in [0.2, 0.25) is 11.8 Å². The van der Waals surface area contributed by atoms with Crippen LogP contribution in [0.2, 0.25) is 0 Å². The summed E-state index contributed by atoms with van der Waals surface area (Å²) in [6.07, 6.45) is 1.02. The molecule has 0 spiro atoms. The molecule has 0 unspecified atom stereocenters. The molecule has 0 saturated carbocycles. The van der Waals surface area contributed by atoms with Crippen LogP contribution in [0, 0.1) is 0 Å². The molecule has 0 fully saturated rings. The van der Waals surface area contributed by atoms with Crippen molar-refractivity contribution in [3.63, 3.8) is 0 Å². The van der Waals surface area contributed by atoms with Gasteiger partial charge < -0.3 is 14.9 Å². The lowest BCUT2D eigenvalue weighted by Gasteiger charge is -2.35. The highest BCUT2D eigenvalue weighted by Gasteiger charge is 2.36. The van der Waals surface area contributed by atoms with E-state index in [0.29, 0.717) is 12.8 Å². The number of carbonyl (C=O) groups excluding carboxylic acids is 2. The molecule has 1 heterocycles. The van der Waals surface area contributed by atoms with Crippen LogP contribution < -0.4 is 4.90 Å². The Bertz CT molecular complexity index is 624. The molecular weight excluding hydrogens is 284 g/mol. The van der Waals surface area contributed by atoms with Crippen LogP contribution in [0.25, 0.3) is 0 Å². The van der Waals surface area contributed by atoms with Gasteiger partial charge in [0.25, 0.3) is 0 Å². The summed E-state index contributed by atoms with van der Waals surface area (Å²) in [7, 11) is 1.44. The van der Waals surface area contributed by atoms with Crippen molar-refractivity contribution < 1.29 is 19.5 Å². The number of likely N-dealkylation sites (N-methyl/N-ethyl adjacent to an activating group) is 1. The smallest absolute Gasteiger partial charge is 0.329 e. The van der Waals surface area contributed by atoms with Crippen molar-refractivity contribution in [2.24, 2.45) is 0 Å². The van der Waals surface area contributed by atoms with Gasteiger partial charge in [-0.05, 0) is 31.9 Å². The maximum Gasteiger partial charge on any atom is 0.329 e. The third kappa shape index (κ3) is 2.81. The molecule has 6 heteroatoms. The van der Waals surface area contributed by atoms with Gasteiger partial charge in [-0.15, -0.1) is 0 Å². The average molecular weight is 304 g/mol. The van der Waals surface area contributed by atoms with E-state index in [0.717, 1.165) is 11.3 Å². The Morgan fingerprint density at radius 3 is 2.55 bits per heavy atom. The summed E-state index contributed by atoms with van der Waals surface area (Å²) in [5.41, 5.74) is 0.429. The second kappa shape index (κ2) is 5.79. The number of aliphatic carboxylic acids is 1. The van der Waals surface area contributed by atoms with Crippen LogP contribution >= 0.6 is 0 Å². The highest BCUT2D eigenvalue weighted by atomic mass is 16.4. The third-order valence-electron chi connectivity index (χ3n) is 4.22. The number of amides is 2. The second-order valence-corrected chi connectivity index (χ2v) is 5.93. The van der Waals surface area contributed by atoms with Gasteiger partial charge in [0.05, 0.1) is 0 Å². The van der Waals surface area contributed by atoms with Gasteiger partial charge in [0.1, 0.15) is 12.1 Å². The first-order valence-electron chi connectivity index (χ1n) is 7.13. The summed E-state index contributed by atoms with van der Waals surface area (Å²) in [6, 6.07) is 7.46. The molecule has 22 heavy (non-hydrogen) atoms. The van der Waals surface area contributed by atoms with Crippen molar-refractivity contribution in [1.29, 1.82) is 0 Å². The van der Waals surface area contributed by atoms with E-state index >= 15 is 0 Å². The lowest BCUT2D eigenvalue weighted by molar-refractivity contribution is -0.154. The van der Waals surface area contributed by atoms with Crippen LogP contribution in [0.3, 0.4) is 0 Å². The molecule has 2 rings (SSSR count). The first-order valence-corrected chi connectivity index (χ1v) is 7.13. The summed E-state index contributed by atoms with van der Waals surface area (Å²) in [6.45, 7) is 2.77. The normalized spacial score (nSPS) is 14.5. The number of hydrogen-bond acceptors (Lipinski definition) is 3. The van der Waals surface area contributed by atoms with E-state index in [2.05, 4.69) is 0 Å². The van der Waals surface area contributed by atoms with Gasteiger partial charge in [0, 0.05) is 19.2 Å². The highest BCUT2D eigenvalue weighted by Crippen LogP contribution is 2.27. The van der Waals surface area contributed by atoms with Crippen molar-refractivity contribution in [3.05, 3.63) is 29.8 Å². The lowest BCUT2D eigenvalue weighted by Crippen LogP contribution is -2.54. The topological polar surface area (TPSA) is 77.9 Å². The number of rotatable bonds is 4. The molecule has 1 aliphatic rings. The Morgan fingerprint density at radius 2 is 1.91 bits per heavy atom. The molecule has 1 aliphatic heterocycles. The monoisotopic (exact) mass is 304 g/mol. The summed E-state index contributed by atoms with van der Waals surface area (Å²) >= 11 is 0. The SMILES string of the molecule is CN(C(=O)CN1C(=O)CCc2ccccc21)C(C)(C)C(=O)O. The number of benzene rings is 1. The quantitative estimate of drug-likeness (QED) is 0.909. The minimum absolute atomic E-state index is 0.117. The van der Waals surface area contributed by atoms with Gasteiger partial charge >= 0.3 is 5.97 Å². The Balaban J connectivity index is 2.22. The number of aryl methyl sites for hydroxylation is 1. The maximum absolute atomic E-state index is 12.4. The molecule has 0 bridgehead atoms. The van der Waals surface area contributed by atoms with Crippen LogP contribution in [0.1, 0.15) is 25.8 Å². The number of fused-ring (bicyclic) bond motifs is 1. The fourth-order valence-corrected chi connectivity index (χ4v) is 2.37. The van der Waals surface area contributed by atoms with Crippen LogP contribution in [0.5, 0.6) is 0 Å². The van der Waals surface area contributed by atoms with Gasteiger partial charge in [-0.2, -0.15) is 0 Å². The number of hydrogen-bond donors (Lipinski definition) is 1. The predicted molar refractivity (Wildman–Crippen MR) is 81.6 cm³/mol. The molecule has 0 aromatic heterocycles. The first kappa shape index (κ1) is 16.0. The average Bonchev–Trinajstić information content (AvgIpc) is 2.49. The molecule has 0 atom stereocenters. The fraction of sp³-hybridized carbons (Fsp3) is 0.438. The van der Waals surface area contributed by atoms with E-state index < -0.39 is 17.4 Å². The number of carboxylic acids is 1. The molecule has 0 radical (unpaired) electrons. The van der Waals surface area contributed by atoms with Crippen molar-refractivity contribution in [1.82, 2.24) is 4.90 Å². The summed E-state index contributed by atoms with van der Waals surface area (Å²) in [5, 5.41) is 9.20. The lowest BCUT2D eigenvalue weighted by atomic mass is 10.0. The number of carbonyl (C=O) groups is 3. The fourth-order valence-electron chi connectivity index (χ4n) is 2.37. The van der Waals surface area contributed by atoms with Crippen molar-refractivity contribution in [3.8, 4) is 0 Å². The third-order valence-corrected chi connectivity index (χ3v) is 4.22. The van der Waals surface area contributed by atoms with E-state index in [4.69, 9.17) is 0 Å². The summed E-state index contributed by atoms with van der Waals surface area (Å²) < 4.78 is 0. The van der Waals surface area contributed by atoms with Crippen LogP contribution in [-0.4, -0.2) is 46.9 Å². The number of nitrogens with zero attached hydrogens (tertiary/aromatic N) is 2. The Kier molecular flexibility index (Phi) is 4.21. The van der Waals surface area contributed by atoms with E-state index in [1.807, 2.05) is 24.3 Å². The van der Waals surface area contributed by atoms with Crippen molar-refractivity contribution in [2.75, 3.05) is 18.5 Å². The zero-order valence-corrected chi connectivity index (χ0v) is 13.0. The van der Waals surface area contributed by atoms with E-state index in [1.165, 1.54) is 30.7 Å². The zero-order valence-electron chi connectivity index (χ0n) is 13.0. The predicted octanol–water partition coefficient (Wildman–Crippen LogP) is 1.29. The molecule has 6 nitrogen and oxygen atoms in total. The molecular formula is C16H20N2O4. The minimum Gasteiger partial charge on any atom is -0.480 e. The summed E-state index contributed by atoms with van der Waals surface area (Å²) in [4.78, 5) is 38.4. The maximum atomic E-state index is 12.4. The molecule has 0 saturated heterocycles. The van der Waals surface area contributed by atoms with Gasteiger partial charge in [-0.1, -0.05) is 18.2 Å². The molecule has 1 aromatic carbocycles. The number of anilines is 1. The van der Waals surface area contributed by atoms with Gasteiger partial charge in [-0.25, -0.2) is 4.79 Å². The Hall–Kier alpha value is -2.37. The molecule has 2 amide bonds. The van der Waals surface area contributed by atoms with Crippen molar-refractivity contribution in [2.45, 2.75) is 32.2 Å². The van der Waals surface area contributed by atoms with Crippen LogP contribution in [0.15, 0.2) is 24.3 Å². The Labute approximate surface area is 129 Å².